The van der Waals surface area contributed by atoms with Crippen LogP contribution in [0.1, 0.15) is 45.8 Å². The molecule has 3 atom stereocenters. The van der Waals surface area contributed by atoms with Crippen LogP contribution >= 0.6 is 0 Å². The Kier molecular flexibility index (Phi) is 12.9. The lowest BCUT2D eigenvalue weighted by atomic mass is 9.69. The van der Waals surface area contributed by atoms with E-state index in [0.717, 1.165) is 24.5 Å². The van der Waals surface area contributed by atoms with Crippen molar-refractivity contribution in [3.8, 4) is 17.2 Å². The second-order valence-electron chi connectivity index (χ2n) is 13.3. The van der Waals surface area contributed by atoms with E-state index in [0.29, 0.717) is 48.0 Å². The van der Waals surface area contributed by atoms with E-state index in [1.54, 1.807) is 74.9 Å². The third-order valence-electron chi connectivity index (χ3n) is 9.95. The first-order valence-electron chi connectivity index (χ1n) is 17.9. The molecule has 0 amide bonds. The molecule has 1 saturated carbocycles. The molecule has 14 nitrogen and oxygen atoms in total. The normalized spacial score (nSPS) is 18.2. The number of carbonyl (C=O) groups is 1. The number of esters is 1. The van der Waals surface area contributed by atoms with Crippen LogP contribution in [-0.2, 0) is 37.3 Å². The summed E-state index contributed by atoms with van der Waals surface area (Å²) in [5.41, 5.74) is 2.22. The Balaban J connectivity index is 1.36. The number of benzene rings is 4. The van der Waals surface area contributed by atoms with Gasteiger partial charge in [0.15, 0.2) is 11.4 Å². The van der Waals surface area contributed by atoms with Gasteiger partial charge in [0.05, 0.1) is 69.2 Å². The molecule has 2 fully saturated rings. The van der Waals surface area contributed by atoms with Crippen LogP contribution in [0, 0.1) is 16.0 Å². The van der Waals surface area contributed by atoms with E-state index in [-0.39, 0.29) is 60.5 Å². The fraction of sp³-hybridized carbons (Fsp3) is 0.375. The maximum Gasteiger partial charge on any atom is 0.338 e. The molecule has 1 N–H and O–H groups in total. The van der Waals surface area contributed by atoms with Crippen LogP contribution in [0.5, 0.6) is 17.2 Å². The molecular weight excluding hydrogens is 731 g/mol. The Labute approximate surface area is 320 Å². The number of nitro benzene ring substituents is 1. The zero-order valence-corrected chi connectivity index (χ0v) is 31.8. The van der Waals surface area contributed by atoms with Gasteiger partial charge >= 0.3 is 5.97 Å². The highest BCUT2D eigenvalue weighted by molar-refractivity contribution is 7.89. The summed E-state index contributed by atoms with van der Waals surface area (Å²) in [6, 6.07) is 23.7. The van der Waals surface area contributed by atoms with Gasteiger partial charge in [0.2, 0.25) is 10.0 Å². The van der Waals surface area contributed by atoms with Crippen LogP contribution in [0.2, 0.25) is 0 Å². The molecule has 6 rings (SSSR count). The van der Waals surface area contributed by atoms with Gasteiger partial charge in [-0.25, -0.2) is 13.2 Å². The summed E-state index contributed by atoms with van der Waals surface area (Å²) in [5, 5.41) is 15.8. The first-order chi connectivity index (χ1) is 26.6. The molecule has 55 heavy (non-hydrogen) atoms. The zero-order chi connectivity index (χ0) is 39.0. The highest BCUT2D eigenvalue weighted by atomic mass is 32.2. The summed E-state index contributed by atoms with van der Waals surface area (Å²) in [7, 11) is 0.0260. The summed E-state index contributed by atoms with van der Waals surface area (Å²) in [5.74, 6) is 0.693. The van der Waals surface area contributed by atoms with Crippen LogP contribution in [0.25, 0.3) is 0 Å². The van der Waals surface area contributed by atoms with Crippen molar-refractivity contribution >= 4 is 27.4 Å². The van der Waals surface area contributed by atoms with Crippen LogP contribution in [-0.4, -0.2) is 84.0 Å². The maximum absolute atomic E-state index is 14.7. The van der Waals surface area contributed by atoms with Crippen molar-refractivity contribution in [2.75, 3.05) is 59.6 Å². The van der Waals surface area contributed by atoms with Gasteiger partial charge in [0.1, 0.15) is 11.5 Å². The first-order valence-corrected chi connectivity index (χ1v) is 19.4. The second-order valence-corrected chi connectivity index (χ2v) is 15.3. The maximum atomic E-state index is 14.7. The predicted molar refractivity (Wildman–Crippen MR) is 203 cm³/mol. The molecule has 0 spiro atoms. The lowest BCUT2D eigenvalue weighted by molar-refractivity contribution is -0.384. The van der Waals surface area contributed by atoms with Gasteiger partial charge < -0.3 is 33.7 Å². The van der Waals surface area contributed by atoms with Crippen molar-refractivity contribution in [1.82, 2.24) is 4.31 Å². The fourth-order valence-corrected chi connectivity index (χ4v) is 8.22. The fourth-order valence-electron chi connectivity index (χ4n) is 6.77. The van der Waals surface area contributed by atoms with Gasteiger partial charge in [-0.05, 0) is 71.7 Å². The molecule has 15 heteroatoms. The number of nitrogens with zero attached hydrogens (tertiary/aromatic N) is 2. The molecule has 1 heterocycles. The van der Waals surface area contributed by atoms with Gasteiger partial charge in [-0.3, -0.25) is 10.1 Å². The summed E-state index contributed by atoms with van der Waals surface area (Å²) in [4.78, 5) is 24.4. The third kappa shape index (κ3) is 9.36. The van der Waals surface area contributed by atoms with Crippen molar-refractivity contribution < 1.29 is 46.6 Å². The van der Waals surface area contributed by atoms with Gasteiger partial charge in [0.25, 0.3) is 5.69 Å². The lowest BCUT2D eigenvalue weighted by Crippen LogP contribution is -2.34. The van der Waals surface area contributed by atoms with Gasteiger partial charge in [-0.1, -0.05) is 42.5 Å². The second kappa shape index (κ2) is 17.9. The number of sulfonamides is 1. The number of nitro groups is 1. The molecule has 0 radical (unpaired) electrons. The van der Waals surface area contributed by atoms with Gasteiger partial charge in [0, 0.05) is 31.8 Å². The van der Waals surface area contributed by atoms with E-state index in [9.17, 15) is 23.3 Å². The van der Waals surface area contributed by atoms with E-state index in [4.69, 9.17) is 28.4 Å². The predicted octanol–water partition coefficient (Wildman–Crippen LogP) is 6.19. The number of rotatable bonds is 17. The molecule has 292 valence electrons. The molecule has 4 aromatic rings. The molecule has 0 unspecified atom stereocenters. The number of hydrogen-bond acceptors (Lipinski definition) is 12. The van der Waals surface area contributed by atoms with Gasteiger partial charge in [-0.15, -0.1) is 0 Å². The van der Waals surface area contributed by atoms with Crippen molar-refractivity contribution in [2.24, 2.45) is 5.92 Å². The average molecular weight is 776 g/mol. The smallest absolute Gasteiger partial charge is 0.338 e. The van der Waals surface area contributed by atoms with Crippen molar-refractivity contribution in [3.05, 3.63) is 117 Å². The number of ether oxygens (including phenoxy) is 6. The van der Waals surface area contributed by atoms with Crippen LogP contribution in [0.3, 0.4) is 0 Å². The SMILES string of the molecule is COC(=O)c1ccccc1[C@H]1CC[C@@H]1COc1cc(S(=O)(=O)N(Cc2ccc(OC)cc2)Cc2ccc(OC)cc2)cc([N+](=O)[O-])c1NC[C@H]1COCCO1. The van der Waals surface area contributed by atoms with Crippen LogP contribution < -0.4 is 19.5 Å². The minimum atomic E-state index is -4.40. The van der Waals surface area contributed by atoms with E-state index >= 15 is 0 Å². The number of methoxy groups -OCH3 is 3. The minimum absolute atomic E-state index is 0.00486. The van der Waals surface area contributed by atoms with Crippen LogP contribution in [0.15, 0.2) is 89.8 Å². The van der Waals surface area contributed by atoms with Crippen LogP contribution in [0.4, 0.5) is 11.4 Å². The highest BCUT2D eigenvalue weighted by Gasteiger charge is 2.37. The van der Waals surface area contributed by atoms with Crippen molar-refractivity contribution in [3.63, 3.8) is 0 Å². The van der Waals surface area contributed by atoms with Crippen molar-refractivity contribution in [2.45, 2.75) is 42.8 Å². The van der Waals surface area contributed by atoms with E-state index < -0.39 is 26.6 Å². The zero-order valence-electron chi connectivity index (χ0n) is 31.0. The third-order valence-corrected chi connectivity index (χ3v) is 11.7. The number of anilines is 1. The standard InChI is InChI=1S/C40H45N3O11S/c1-49-30-13-8-27(9-14-30)23-42(24-28-10-15-31(50-2)16-11-28)55(47,48)33-20-37(43(45)46)39(41-22-32-26-52-18-19-53-32)38(21-33)54-25-29-12-17-34(29)35-6-4-5-7-36(35)40(44)51-3/h4-11,13-16,20-21,29,32,34,41H,12,17-19,22-26H2,1-3H3/t29-,32+,34+/m1/s1. The van der Waals surface area contributed by atoms with Crippen molar-refractivity contribution in [1.29, 1.82) is 0 Å². The summed E-state index contributed by atoms with van der Waals surface area (Å²) < 4.78 is 63.9. The molecule has 1 aliphatic carbocycles. The Morgan fingerprint density at radius 3 is 2.11 bits per heavy atom. The molecule has 4 aromatic carbocycles. The molecule has 0 bridgehead atoms. The molecule has 1 saturated heterocycles. The van der Waals surface area contributed by atoms with E-state index in [1.807, 2.05) is 12.1 Å². The summed E-state index contributed by atoms with van der Waals surface area (Å²) >= 11 is 0. The monoisotopic (exact) mass is 775 g/mol. The Bertz CT molecular complexity index is 2000. The number of hydrogen-bond donors (Lipinski definition) is 1. The summed E-state index contributed by atoms with van der Waals surface area (Å²) in [6.07, 6.45) is 1.18. The van der Waals surface area contributed by atoms with E-state index in [2.05, 4.69) is 5.32 Å². The molecule has 2 aliphatic rings. The van der Waals surface area contributed by atoms with Gasteiger partial charge in [-0.2, -0.15) is 4.31 Å². The Hall–Kier alpha value is -5.22. The first kappa shape index (κ1) is 39.5. The number of carbonyl (C=O) groups excluding carboxylic acids is 1. The average Bonchev–Trinajstić information content (AvgIpc) is 3.20. The highest BCUT2D eigenvalue weighted by Crippen LogP contribution is 2.45. The molecule has 0 aromatic heterocycles. The van der Waals surface area contributed by atoms with E-state index in [1.165, 1.54) is 17.5 Å². The lowest BCUT2D eigenvalue weighted by Gasteiger charge is -2.37. The Morgan fingerprint density at radius 1 is 0.909 bits per heavy atom. The molecule has 1 aliphatic heterocycles. The quantitative estimate of drug-likeness (QED) is 0.0736. The molecular formula is C40H45N3O11S. The number of nitrogens with one attached hydrogen (secondary N) is 1. The largest absolute Gasteiger partial charge is 0.497 e. The summed E-state index contributed by atoms with van der Waals surface area (Å²) in [6.45, 7) is 1.31. The Morgan fingerprint density at radius 2 is 1.56 bits per heavy atom. The topological polar surface area (TPSA) is 165 Å². The minimum Gasteiger partial charge on any atom is -0.497 e.